The summed E-state index contributed by atoms with van der Waals surface area (Å²) in [6.07, 6.45) is 0.495. The van der Waals surface area contributed by atoms with E-state index in [1.54, 1.807) is 0 Å². The van der Waals surface area contributed by atoms with Crippen LogP contribution in [0.3, 0.4) is 0 Å². The second-order valence-corrected chi connectivity index (χ2v) is 5.77. The van der Waals surface area contributed by atoms with Crippen LogP contribution < -0.4 is 5.32 Å². The third-order valence-electron chi connectivity index (χ3n) is 3.44. The molecule has 1 N–H and O–H groups in total. The van der Waals surface area contributed by atoms with E-state index in [-0.39, 0.29) is 5.78 Å². The van der Waals surface area contributed by atoms with E-state index in [0.717, 1.165) is 15.7 Å². The highest BCUT2D eigenvalue weighted by Crippen LogP contribution is 2.18. The van der Waals surface area contributed by atoms with Crippen molar-refractivity contribution < 1.29 is 4.79 Å². The Morgan fingerprint density at radius 3 is 2.50 bits per heavy atom. The zero-order valence-electron chi connectivity index (χ0n) is 11.7. The summed E-state index contributed by atoms with van der Waals surface area (Å²) in [6.45, 7) is 4.83. The van der Waals surface area contributed by atoms with Gasteiger partial charge in [0.25, 0.3) is 0 Å². The minimum absolute atomic E-state index is 0.162. The Labute approximate surface area is 128 Å². The predicted octanol–water partition coefficient (Wildman–Crippen LogP) is 4.75. The predicted molar refractivity (Wildman–Crippen MR) is 87.5 cm³/mol. The largest absolute Gasteiger partial charge is 0.384 e. The van der Waals surface area contributed by atoms with Crippen LogP contribution in [0.15, 0.2) is 46.9 Å². The van der Waals surface area contributed by atoms with E-state index in [0.29, 0.717) is 13.0 Å². The average molecular weight is 332 g/mol. The normalized spacial score (nSPS) is 10.3. The smallest absolute Gasteiger partial charge is 0.164 e. The van der Waals surface area contributed by atoms with Crippen LogP contribution in [-0.2, 0) is 0 Å². The third kappa shape index (κ3) is 3.70. The van der Waals surface area contributed by atoms with Gasteiger partial charge in [0.1, 0.15) is 0 Å². The number of nitrogens with one attached hydrogen (secondary N) is 1. The fraction of sp³-hybridized carbons (Fsp3) is 0.235. The van der Waals surface area contributed by atoms with Crippen LogP contribution in [0.1, 0.15) is 27.9 Å². The average Bonchev–Trinajstić information content (AvgIpc) is 2.44. The highest BCUT2D eigenvalue weighted by atomic mass is 79.9. The van der Waals surface area contributed by atoms with Gasteiger partial charge in [0.15, 0.2) is 5.78 Å². The number of anilines is 1. The van der Waals surface area contributed by atoms with E-state index in [1.807, 2.05) is 36.4 Å². The molecule has 0 fully saturated rings. The van der Waals surface area contributed by atoms with Gasteiger partial charge in [0.05, 0.1) is 0 Å². The Hall–Kier alpha value is -1.61. The van der Waals surface area contributed by atoms with E-state index in [2.05, 4.69) is 41.2 Å². The molecule has 2 aromatic carbocycles. The first-order chi connectivity index (χ1) is 9.58. The number of halogens is 1. The number of Topliss-reactive ketones (excluding diaryl/α,β-unsaturated/α-hetero) is 1. The molecule has 0 radical (unpaired) electrons. The fourth-order valence-corrected chi connectivity index (χ4v) is 2.30. The van der Waals surface area contributed by atoms with Gasteiger partial charge in [-0.15, -0.1) is 0 Å². The molecule has 0 aliphatic carbocycles. The van der Waals surface area contributed by atoms with Crippen LogP contribution in [0, 0.1) is 13.8 Å². The molecule has 2 aromatic rings. The zero-order valence-corrected chi connectivity index (χ0v) is 13.3. The maximum absolute atomic E-state index is 12.0. The highest BCUT2D eigenvalue weighted by molar-refractivity contribution is 9.10. The van der Waals surface area contributed by atoms with Crippen molar-refractivity contribution in [1.82, 2.24) is 0 Å². The maximum Gasteiger partial charge on any atom is 0.164 e. The van der Waals surface area contributed by atoms with E-state index in [9.17, 15) is 4.79 Å². The van der Waals surface area contributed by atoms with Gasteiger partial charge >= 0.3 is 0 Å². The van der Waals surface area contributed by atoms with Gasteiger partial charge in [-0.05, 0) is 43.2 Å². The van der Waals surface area contributed by atoms with E-state index >= 15 is 0 Å². The molecule has 0 spiro atoms. The van der Waals surface area contributed by atoms with Gasteiger partial charge in [0.2, 0.25) is 0 Å². The van der Waals surface area contributed by atoms with Crippen molar-refractivity contribution in [1.29, 1.82) is 0 Å². The summed E-state index contributed by atoms with van der Waals surface area (Å²) in [5.41, 5.74) is 4.36. The summed E-state index contributed by atoms with van der Waals surface area (Å²) in [6, 6.07) is 13.7. The number of ketones is 1. The topological polar surface area (TPSA) is 29.1 Å². The van der Waals surface area contributed by atoms with Crippen molar-refractivity contribution >= 4 is 27.4 Å². The summed E-state index contributed by atoms with van der Waals surface area (Å²) < 4.78 is 0.988. The van der Waals surface area contributed by atoms with Crippen LogP contribution in [0.25, 0.3) is 0 Å². The quantitative estimate of drug-likeness (QED) is 0.801. The SMILES string of the molecule is Cc1cccc(NCCC(=O)c2ccc(Br)cc2)c1C. The second-order valence-electron chi connectivity index (χ2n) is 4.85. The minimum atomic E-state index is 0.162. The van der Waals surface area contributed by atoms with Gasteiger partial charge in [-0.25, -0.2) is 0 Å². The number of benzene rings is 2. The van der Waals surface area contributed by atoms with Crippen molar-refractivity contribution in [3.8, 4) is 0 Å². The van der Waals surface area contributed by atoms with Gasteiger partial charge < -0.3 is 5.32 Å². The molecule has 0 amide bonds. The number of carbonyl (C=O) groups is 1. The molecule has 0 aliphatic heterocycles. The summed E-state index contributed by atoms with van der Waals surface area (Å²) in [5.74, 6) is 0.162. The summed E-state index contributed by atoms with van der Waals surface area (Å²) in [7, 11) is 0. The molecule has 0 heterocycles. The van der Waals surface area contributed by atoms with E-state index < -0.39 is 0 Å². The highest BCUT2D eigenvalue weighted by Gasteiger charge is 2.06. The molecule has 0 unspecified atom stereocenters. The maximum atomic E-state index is 12.0. The molecular weight excluding hydrogens is 314 g/mol. The lowest BCUT2D eigenvalue weighted by Gasteiger charge is -2.11. The third-order valence-corrected chi connectivity index (χ3v) is 3.97. The second kappa shape index (κ2) is 6.71. The monoisotopic (exact) mass is 331 g/mol. The minimum Gasteiger partial charge on any atom is -0.384 e. The lowest BCUT2D eigenvalue weighted by atomic mass is 10.1. The lowest BCUT2D eigenvalue weighted by Crippen LogP contribution is -2.09. The van der Waals surface area contributed by atoms with Crippen molar-refractivity contribution in [3.05, 3.63) is 63.6 Å². The number of hydrogen-bond acceptors (Lipinski definition) is 2. The number of hydrogen-bond donors (Lipinski definition) is 1. The zero-order chi connectivity index (χ0) is 14.5. The number of rotatable bonds is 5. The molecule has 3 heteroatoms. The van der Waals surface area contributed by atoms with Gasteiger partial charge in [-0.3, -0.25) is 4.79 Å². The van der Waals surface area contributed by atoms with Crippen molar-refractivity contribution in [2.75, 3.05) is 11.9 Å². The molecule has 0 saturated heterocycles. The van der Waals surface area contributed by atoms with Crippen molar-refractivity contribution in [3.63, 3.8) is 0 Å². The Morgan fingerprint density at radius 2 is 1.80 bits per heavy atom. The Kier molecular flexibility index (Phi) is 4.96. The summed E-state index contributed by atoms with van der Waals surface area (Å²) in [4.78, 5) is 12.0. The summed E-state index contributed by atoms with van der Waals surface area (Å²) >= 11 is 3.37. The van der Waals surface area contributed by atoms with Crippen molar-refractivity contribution in [2.24, 2.45) is 0 Å². The lowest BCUT2D eigenvalue weighted by molar-refractivity contribution is 0.0986. The molecule has 0 bridgehead atoms. The molecule has 0 aliphatic rings. The first kappa shape index (κ1) is 14.8. The molecule has 0 aromatic heterocycles. The van der Waals surface area contributed by atoms with E-state index in [1.165, 1.54) is 11.1 Å². The van der Waals surface area contributed by atoms with Crippen LogP contribution in [0.4, 0.5) is 5.69 Å². The molecule has 20 heavy (non-hydrogen) atoms. The Balaban J connectivity index is 1.91. The number of aryl methyl sites for hydroxylation is 1. The first-order valence-corrected chi connectivity index (χ1v) is 7.46. The summed E-state index contributed by atoms with van der Waals surface area (Å²) in [5, 5.41) is 3.34. The first-order valence-electron chi connectivity index (χ1n) is 6.67. The Morgan fingerprint density at radius 1 is 1.10 bits per heavy atom. The molecule has 0 atom stereocenters. The van der Waals surface area contributed by atoms with Crippen molar-refractivity contribution in [2.45, 2.75) is 20.3 Å². The fourth-order valence-electron chi connectivity index (χ4n) is 2.03. The van der Waals surface area contributed by atoms with Crippen LogP contribution in [0.2, 0.25) is 0 Å². The van der Waals surface area contributed by atoms with Gasteiger partial charge in [-0.1, -0.05) is 40.2 Å². The molecule has 0 saturated carbocycles. The molecule has 2 nitrogen and oxygen atoms in total. The Bertz CT molecular complexity index is 605. The number of carbonyl (C=O) groups excluding carboxylic acids is 1. The van der Waals surface area contributed by atoms with Crippen LogP contribution in [-0.4, -0.2) is 12.3 Å². The molecular formula is C17H18BrNO. The molecule has 104 valence electrons. The standard InChI is InChI=1S/C17H18BrNO/c1-12-4-3-5-16(13(12)2)19-11-10-17(20)14-6-8-15(18)9-7-14/h3-9,19H,10-11H2,1-2H3. The van der Waals surface area contributed by atoms with E-state index in [4.69, 9.17) is 0 Å². The van der Waals surface area contributed by atoms with Crippen LogP contribution >= 0.6 is 15.9 Å². The van der Waals surface area contributed by atoms with Gasteiger partial charge in [0, 0.05) is 28.7 Å². The van der Waals surface area contributed by atoms with Crippen LogP contribution in [0.5, 0.6) is 0 Å². The van der Waals surface area contributed by atoms with Gasteiger partial charge in [-0.2, -0.15) is 0 Å². The molecule has 2 rings (SSSR count).